The van der Waals surface area contributed by atoms with Crippen LogP contribution in [0.2, 0.25) is 10.0 Å². The molecule has 2 amide bonds. The van der Waals surface area contributed by atoms with E-state index in [1.54, 1.807) is 30.3 Å². The van der Waals surface area contributed by atoms with Crippen LogP contribution in [0.5, 0.6) is 0 Å². The van der Waals surface area contributed by atoms with Crippen LogP contribution >= 0.6 is 35.0 Å². The zero-order chi connectivity index (χ0) is 18.5. The van der Waals surface area contributed by atoms with Gasteiger partial charge in [-0.25, -0.2) is 0 Å². The Labute approximate surface area is 165 Å². The van der Waals surface area contributed by atoms with E-state index in [1.807, 2.05) is 18.2 Å². The predicted octanol–water partition coefficient (Wildman–Crippen LogP) is 4.09. The van der Waals surface area contributed by atoms with Gasteiger partial charge in [-0.3, -0.25) is 9.59 Å². The molecule has 0 radical (unpaired) electrons. The van der Waals surface area contributed by atoms with E-state index in [0.29, 0.717) is 27.3 Å². The van der Waals surface area contributed by atoms with Gasteiger partial charge in [0, 0.05) is 15.8 Å². The van der Waals surface area contributed by atoms with Crippen molar-refractivity contribution >= 4 is 58.3 Å². The third kappa shape index (κ3) is 4.58. The molecule has 134 valence electrons. The van der Waals surface area contributed by atoms with Crippen molar-refractivity contribution in [2.75, 3.05) is 10.8 Å². The van der Waals surface area contributed by atoms with Crippen molar-refractivity contribution in [2.45, 2.75) is 12.2 Å². The maximum absolute atomic E-state index is 12.1. The van der Waals surface area contributed by atoms with E-state index >= 15 is 0 Å². The van der Waals surface area contributed by atoms with E-state index in [-0.39, 0.29) is 24.0 Å². The van der Waals surface area contributed by atoms with E-state index in [1.165, 1.54) is 16.8 Å². The molecule has 0 spiro atoms. The van der Waals surface area contributed by atoms with Crippen molar-refractivity contribution in [3.63, 3.8) is 0 Å². The highest BCUT2D eigenvalue weighted by Gasteiger charge is 2.26. The van der Waals surface area contributed by atoms with Crippen LogP contribution < -0.4 is 10.3 Å². The predicted molar refractivity (Wildman–Crippen MR) is 107 cm³/mol. The summed E-state index contributed by atoms with van der Waals surface area (Å²) in [6.07, 6.45) is 0.0711. The Kier molecular flexibility index (Phi) is 6.19. The first-order valence-electron chi connectivity index (χ1n) is 7.80. The van der Waals surface area contributed by atoms with Crippen molar-refractivity contribution in [3.05, 3.63) is 64.1 Å². The molecule has 0 saturated heterocycles. The monoisotopic (exact) mass is 407 g/mol. The number of hydrogen-bond donors (Lipinski definition) is 1. The highest BCUT2D eigenvalue weighted by molar-refractivity contribution is 7.99. The van der Waals surface area contributed by atoms with Crippen LogP contribution in [-0.2, 0) is 15.3 Å². The molecule has 1 heterocycles. The molecular weight excluding hydrogens is 393 g/mol. The molecule has 5 nitrogen and oxygen atoms in total. The van der Waals surface area contributed by atoms with Crippen LogP contribution in [-0.4, -0.2) is 23.4 Å². The smallest absolute Gasteiger partial charge is 0.255 e. The second-order valence-corrected chi connectivity index (χ2v) is 7.31. The fraction of sp³-hybridized carbons (Fsp3) is 0.167. The Hall–Kier alpha value is -2.02. The maximum Gasteiger partial charge on any atom is 0.255 e. The standard InChI is InChI=1S/C18H15Cl2N3O2S/c19-14-7-4-8-15(20)13(14)10-26-11-17(24)21-16-9-18(25)23(22-16)12-5-2-1-3-6-12/h1-8H,9-11H2,(H,21,22,24). The van der Waals surface area contributed by atoms with Gasteiger partial charge in [-0.15, -0.1) is 11.8 Å². The number of nitrogens with one attached hydrogen (secondary N) is 1. The minimum absolute atomic E-state index is 0.0711. The molecular formula is C18H15Cl2N3O2S. The summed E-state index contributed by atoms with van der Waals surface area (Å²) in [7, 11) is 0. The largest absolute Gasteiger partial charge is 0.312 e. The first kappa shape index (κ1) is 18.8. The molecule has 1 aliphatic heterocycles. The highest BCUT2D eigenvalue weighted by atomic mass is 35.5. The second kappa shape index (κ2) is 8.58. The third-order valence-corrected chi connectivity index (χ3v) is 5.27. The summed E-state index contributed by atoms with van der Waals surface area (Å²) in [6, 6.07) is 14.4. The minimum atomic E-state index is -0.223. The number of halogens is 2. The van der Waals surface area contributed by atoms with Gasteiger partial charge in [-0.05, 0) is 29.8 Å². The lowest BCUT2D eigenvalue weighted by Crippen LogP contribution is -2.31. The molecule has 2 aromatic rings. The van der Waals surface area contributed by atoms with Crippen LogP contribution in [0.3, 0.4) is 0 Å². The van der Waals surface area contributed by atoms with Gasteiger partial charge in [0.1, 0.15) is 5.84 Å². The Bertz CT molecular complexity index is 839. The summed E-state index contributed by atoms with van der Waals surface area (Å²) >= 11 is 13.6. The van der Waals surface area contributed by atoms with E-state index in [2.05, 4.69) is 10.4 Å². The topological polar surface area (TPSA) is 61.8 Å². The van der Waals surface area contributed by atoms with Crippen molar-refractivity contribution < 1.29 is 9.59 Å². The average molecular weight is 408 g/mol. The number of amidine groups is 1. The molecule has 0 aromatic heterocycles. The molecule has 1 aliphatic rings. The molecule has 0 fully saturated rings. The van der Waals surface area contributed by atoms with Gasteiger partial charge in [0.2, 0.25) is 5.91 Å². The lowest BCUT2D eigenvalue weighted by molar-refractivity contribution is -0.117. The lowest BCUT2D eigenvalue weighted by Gasteiger charge is -2.10. The fourth-order valence-electron chi connectivity index (χ4n) is 2.38. The number of amides is 2. The molecule has 2 aromatic carbocycles. The van der Waals surface area contributed by atoms with E-state index < -0.39 is 0 Å². The summed E-state index contributed by atoms with van der Waals surface area (Å²) < 4.78 is 0. The molecule has 0 atom stereocenters. The lowest BCUT2D eigenvalue weighted by atomic mass is 10.2. The Morgan fingerprint density at radius 3 is 2.50 bits per heavy atom. The van der Waals surface area contributed by atoms with Crippen LogP contribution in [0, 0.1) is 0 Å². The maximum atomic E-state index is 12.1. The number of carbonyl (C=O) groups is 2. The van der Waals surface area contributed by atoms with E-state index in [4.69, 9.17) is 23.2 Å². The third-order valence-electron chi connectivity index (χ3n) is 3.60. The fourth-order valence-corrected chi connectivity index (χ4v) is 3.95. The number of benzene rings is 2. The molecule has 0 unspecified atom stereocenters. The molecule has 1 N–H and O–H groups in total. The van der Waals surface area contributed by atoms with Crippen molar-refractivity contribution in [2.24, 2.45) is 5.10 Å². The number of hydrazone groups is 1. The van der Waals surface area contributed by atoms with Crippen LogP contribution in [0.25, 0.3) is 0 Å². The molecule has 0 saturated carbocycles. The number of rotatable bonds is 5. The van der Waals surface area contributed by atoms with Gasteiger partial charge in [-0.1, -0.05) is 47.5 Å². The number of nitrogens with zero attached hydrogens (tertiary/aromatic N) is 2. The molecule has 3 rings (SSSR count). The Morgan fingerprint density at radius 1 is 1.12 bits per heavy atom. The molecule has 8 heteroatoms. The van der Waals surface area contributed by atoms with Crippen molar-refractivity contribution in [3.8, 4) is 0 Å². The highest BCUT2D eigenvalue weighted by Crippen LogP contribution is 2.28. The Morgan fingerprint density at radius 2 is 1.81 bits per heavy atom. The van der Waals surface area contributed by atoms with Gasteiger partial charge in [0.05, 0.1) is 17.9 Å². The molecule has 26 heavy (non-hydrogen) atoms. The number of carbonyl (C=O) groups excluding carboxylic acids is 2. The second-order valence-electron chi connectivity index (χ2n) is 5.51. The van der Waals surface area contributed by atoms with Crippen LogP contribution in [0.4, 0.5) is 5.69 Å². The number of para-hydroxylation sites is 1. The van der Waals surface area contributed by atoms with E-state index in [9.17, 15) is 9.59 Å². The average Bonchev–Trinajstić information content (AvgIpc) is 2.98. The van der Waals surface area contributed by atoms with Crippen molar-refractivity contribution in [1.29, 1.82) is 0 Å². The number of anilines is 1. The first-order chi connectivity index (χ1) is 12.5. The molecule has 0 bridgehead atoms. The molecule has 0 aliphatic carbocycles. The van der Waals surface area contributed by atoms with Gasteiger partial charge in [0.15, 0.2) is 0 Å². The minimum Gasteiger partial charge on any atom is -0.312 e. The summed E-state index contributed by atoms with van der Waals surface area (Å²) in [5.41, 5.74) is 1.47. The summed E-state index contributed by atoms with van der Waals surface area (Å²) in [4.78, 5) is 24.2. The van der Waals surface area contributed by atoms with Gasteiger partial charge < -0.3 is 5.32 Å². The Balaban J connectivity index is 1.53. The van der Waals surface area contributed by atoms with Crippen LogP contribution in [0.15, 0.2) is 53.6 Å². The van der Waals surface area contributed by atoms with Crippen LogP contribution in [0.1, 0.15) is 12.0 Å². The zero-order valence-corrected chi connectivity index (χ0v) is 15.9. The first-order valence-corrected chi connectivity index (χ1v) is 9.71. The number of thioether (sulfide) groups is 1. The SMILES string of the molecule is O=C(CSCc1c(Cl)cccc1Cl)NC1=NN(c2ccccc2)C(=O)C1. The quantitative estimate of drug-likeness (QED) is 0.811. The summed E-state index contributed by atoms with van der Waals surface area (Å²) in [6.45, 7) is 0. The van der Waals surface area contributed by atoms with E-state index in [0.717, 1.165) is 5.56 Å². The normalized spacial score (nSPS) is 13.7. The van der Waals surface area contributed by atoms with Gasteiger partial charge >= 0.3 is 0 Å². The van der Waals surface area contributed by atoms with Gasteiger partial charge in [0.25, 0.3) is 5.91 Å². The van der Waals surface area contributed by atoms with Gasteiger partial charge in [-0.2, -0.15) is 10.1 Å². The summed E-state index contributed by atoms with van der Waals surface area (Å²) in [5.74, 6) is 0.676. The zero-order valence-electron chi connectivity index (χ0n) is 13.6. The summed E-state index contributed by atoms with van der Waals surface area (Å²) in [5, 5.41) is 9.33. The number of hydrogen-bond acceptors (Lipinski definition) is 4. The van der Waals surface area contributed by atoms with Crippen molar-refractivity contribution in [1.82, 2.24) is 5.32 Å².